The van der Waals surface area contributed by atoms with Crippen LogP contribution in [-0.4, -0.2) is 16.9 Å². The number of amides is 3. The van der Waals surface area contributed by atoms with Gasteiger partial charge in [-0.15, -0.1) is 0 Å². The fourth-order valence-electron chi connectivity index (χ4n) is 2.63. The highest BCUT2D eigenvalue weighted by molar-refractivity contribution is 7.99. The fourth-order valence-corrected chi connectivity index (χ4v) is 4.08. The second-order valence-corrected chi connectivity index (χ2v) is 8.36. The lowest BCUT2D eigenvalue weighted by atomic mass is 10.2. The molecule has 11 heteroatoms. The summed E-state index contributed by atoms with van der Waals surface area (Å²) in [5, 5.41) is 5.24. The number of halogens is 5. The monoisotopic (exact) mass is 499 g/mol. The van der Waals surface area contributed by atoms with Crippen LogP contribution >= 0.6 is 35.0 Å². The predicted molar refractivity (Wildman–Crippen MR) is 117 cm³/mol. The molecule has 166 valence electrons. The first-order valence-electron chi connectivity index (χ1n) is 8.92. The summed E-state index contributed by atoms with van der Waals surface area (Å²) in [7, 11) is 0. The van der Waals surface area contributed by atoms with Crippen LogP contribution in [0.5, 0.6) is 0 Å². The minimum atomic E-state index is -4.44. The number of aryl methyl sites for hydroxylation is 1. The third kappa shape index (κ3) is 5.93. The van der Waals surface area contributed by atoms with Crippen molar-refractivity contribution in [1.82, 2.24) is 10.3 Å². The quantitative estimate of drug-likeness (QED) is 0.412. The molecule has 5 nitrogen and oxygen atoms in total. The Morgan fingerprint density at radius 1 is 1.03 bits per heavy atom. The Bertz CT molecular complexity index is 1170. The predicted octanol–water partition coefficient (Wildman–Crippen LogP) is 6.83. The maximum absolute atomic E-state index is 12.9. The second kappa shape index (κ2) is 9.81. The van der Waals surface area contributed by atoms with Gasteiger partial charge in [-0.2, -0.15) is 13.2 Å². The molecule has 2 aromatic carbocycles. The van der Waals surface area contributed by atoms with Crippen molar-refractivity contribution in [2.75, 3.05) is 5.32 Å². The zero-order chi connectivity index (χ0) is 23.5. The van der Waals surface area contributed by atoms with E-state index in [9.17, 15) is 22.8 Å². The molecule has 32 heavy (non-hydrogen) atoms. The molecule has 0 fully saturated rings. The van der Waals surface area contributed by atoms with Crippen LogP contribution < -0.4 is 10.6 Å². The third-order valence-corrected chi connectivity index (χ3v) is 5.82. The van der Waals surface area contributed by atoms with Gasteiger partial charge in [-0.25, -0.2) is 9.78 Å². The van der Waals surface area contributed by atoms with E-state index in [0.717, 1.165) is 23.9 Å². The summed E-state index contributed by atoms with van der Waals surface area (Å²) in [6.45, 7) is 1.70. The smallest absolute Gasteiger partial charge is 0.306 e. The summed E-state index contributed by atoms with van der Waals surface area (Å²) in [6.07, 6.45) is -3.11. The van der Waals surface area contributed by atoms with Crippen LogP contribution in [0.15, 0.2) is 64.6 Å². The van der Waals surface area contributed by atoms with Crippen molar-refractivity contribution in [3.05, 3.63) is 81.5 Å². The Morgan fingerprint density at radius 2 is 1.69 bits per heavy atom. The molecular weight excluding hydrogens is 486 g/mol. The number of nitrogens with one attached hydrogen (secondary N) is 2. The molecule has 0 saturated carbocycles. The van der Waals surface area contributed by atoms with E-state index in [0.29, 0.717) is 15.5 Å². The van der Waals surface area contributed by atoms with Crippen molar-refractivity contribution in [2.45, 2.75) is 23.0 Å². The van der Waals surface area contributed by atoms with Gasteiger partial charge in [0.1, 0.15) is 5.03 Å². The summed E-state index contributed by atoms with van der Waals surface area (Å²) in [5.74, 6) is -0.778. The van der Waals surface area contributed by atoms with Gasteiger partial charge in [0, 0.05) is 4.90 Å². The zero-order valence-electron chi connectivity index (χ0n) is 16.3. The van der Waals surface area contributed by atoms with Crippen LogP contribution in [0.4, 0.5) is 23.7 Å². The molecule has 0 aliphatic rings. The van der Waals surface area contributed by atoms with E-state index in [4.69, 9.17) is 23.2 Å². The molecule has 0 radical (unpaired) electrons. The molecule has 0 bridgehead atoms. The zero-order valence-corrected chi connectivity index (χ0v) is 18.6. The van der Waals surface area contributed by atoms with E-state index in [1.807, 2.05) is 0 Å². The van der Waals surface area contributed by atoms with Gasteiger partial charge in [-0.05, 0) is 48.9 Å². The number of nitrogens with zero attached hydrogens (tertiary/aromatic N) is 1. The number of urea groups is 1. The summed E-state index contributed by atoms with van der Waals surface area (Å²) in [4.78, 5) is 29.0. The van der Waals surface area contributed by atoms with Crippen molar-refractivity contribution in [2.24, 2.45) is 0 Å². The lowest BCUT2D eigenvalue weighted by molar-refractivity contribution is -0.137. The van der Waals surface area contributed by atoms with E-state index >= 15 is 0 Å². The molecule has 3 aromatic rings. The summed E-state index contributed by atoms with van der Waals surface area (Å²) in [6, 6.07) is 10.1. The van der Waals surface area contributed by atoms with Gasteiger partial charge < -0.3 is 5.32 Å². The van der Waals surface area contributed by atoms with E-state index in [1.54, 1.807) is 25.1 Å². The van der Waals surface area contributed by atoms with Crippen LogP contribution in [0.3, 0.4) is 0 Å². The maximum Gasteiger partial charge on any atom is 0.416 e. The first kappa shape index (κ1) is 23.9. The number of hydrogen-bond donors (Lipinski definition) is 2. The summed E-state index contributed by atoms with van der Waals surface area (Å²) in [5.41, 5.74) is 0.114. The second-order valence-electron chi connectivity index (χ2n) is 6.48. The van der Waals surface area contributed by atoms with Crippen LogP contribution in [0.1, 0.15) is 21.5 Å². The van der Waals surface area contributed by atoms with Crippen molar-refractivity contribution in [3.8, 4) is 0 Å². The molecular formula is C21H14Cl2F3N3O2S. The average Bonchev–Trinajstić information content (AvgIpc) is 2.69. The highest BCUT2D eigenvalue weighted by Crippen LogP contribution is 2.35. The number of pyridine rings is 1. The van der Waals surface area contributed by atoms with E-state index < -0.39 is 23.7 Å². The number of aromatic nitrogens is 1. The van der Waals surface area contributed by atoms with Gasteiger partial charge in [0.25, 0.3) is 5.91 Å². The van der Waals surface area contributed by atoms with Crippen LogP contribution in [0.25, 0.3) is 0 Å². The molecule has 1 heterocycles. The number of benzene rings is 2. The SMILES string of the molecule is Cc1cc(NC(=O)NC(=O)c2c(Cl)cccc2Cl)cnc1Sc1cccc(C(F)(F)F)c1. The molecule has 3 amide bonds. The largest absolute Gasteiger partial charge is 0.416 e. The van der Waals surface area contributed by atoms with Gasteiger partial charge in [0.2, 0.25) is 0 Å². The molecule has 0 atom stereocenters. The normalized spacial score (nSPS) is 11.2. The number of anilines is 1. The number of carbonyl (C=O) groups excluding carboxylic acids is 2. The average molecular weight is 500 g/mol. The number of imide groups is 1. The van der Waals surface area contributed by atoms with Gasteiger partial charge in [-0.3, -0.25) is 10.1 Å². The molecule has 3 rings (SSSR count). The lowest BCUT2D eigenvalue weighted by Gasteiger charge is -2.11. The molecule has 0 aliphatic carbocycles. The highest BCUT2D eigenvalue weighted by Gasteiger charge is 2.30. The maximum atomic E-state index is 12.9. The number of carbonyl (C=O) groups is 2. The number of alkyl halides is 3. The first-order valence-corrected chi connectivity index (χ1v) is 10.5. The van der Waals surface area contributed by atoms with Crippen molar-refractivity contribution in [3.63, 3.8) is 0 Å². The topological polar surface area (TPSA) is 71.1 Å². The molecule has 2 N–H and O–H groups in total. The molecule has 0 saturated heterocycles. The Hall–Kier alpha value is -2.75. The van der Waals surface area contributed by atoms with Crippen LogP contribution in [0, 0.1) is 6.92 Å². The van der Waals surface area contributed by atoms with Gasteiger partial charge >= 0.3 is 12.2 Å². The van der Waals surface area contributed by atoms with E-state index in [2.05, 4.69) is 15.6 Å². The van der Waals surface area contributed by atoms with Crippen molar-refractivity contribution >= 4 is 52.6 Å². The summed E-state index contributed by atoms with van der Waals surface area (Å²) >= 11 is 13.0. The van der Waals surface area contributed by atoms with Crippen LogP contribution in [0.2, 0.25) is 10.0 Å². The number of hydrogen-bond acceptors (Lipinski definition) is 4. The van der Waals surface area contributed by atoms with Gasteiger partial charge in [0.15, 0.2) is 0 Å². The Labute approximate surface area is 195 Å². The third-order valence-electron chi connectivity index (χ3n) is 4.08. The Morgan fingerprint density at radius 3 is 2.31 bits per heavy atom. The molecule has 0 aliphatic heterocycles. The van der Waals surface area contributed by atoms with Gasteiger partial charge in [-0.1, -0.05) is 47.1 Å². The minimum Gasteiger partial charge on any atom is -0.306 e. The van der Waals surface area contributed by atoms with Gasteiger partial charge in [0.05, 0.1) is 33.1 Å². The van der Waals surface area contributed by atoms with E-state index in [-0.39, 0.29) is 21.3 Å². The highest BCUT2D eigenvalue weighted by atomic mass is 35.5. The first-order chi connectivity index (χ1) is 15.0. The minimum absolute atomic E-state index is 0.0341. The van der Waals surface area contributed by atoms with Crippen molar-refractivity contribution in [1.29, 1.82) is 0 Å². The molecule has 0 unspecified atom stereocenters. The van der Waals surface area contributed by atoms with Crippen LogP contribution in [-0.2, 0) is 6.18 Å². The summed E-state index contributed by atoms with van der Waals surface area (Å²) < 4.78 is 38.7. The standard InChI is InChI=1S/C21H14Cl2F3N3O2S/c1-11-8-13(28-20(31)29-18(30)17-15(22)6-3-7-16(17)23)10-27-19(11)32-14-5-2-4-12(9-14)21(24,25)26/h2-10H,1H3,(H2,28,29,30,31). The number of rotatable bonds is 4. The fraction of sp³-hybridized carbons (Fsp3) is 0.0952. The van der Waals surface area contributed by atoms with Crippen molar-refractivity contribution < 1.29 is 22.8 Å². The Kier molecular flexibility index (Phi) is 7.33. The van der Waals surface area contributed by atoms with E-state index in [1.165, 1.54) is 24.4 Å². The Balaban J connectivity index is 1.68. The molecule has 0 spiro atoms. The molecule has 1 aromatic heterocycles. The lowest BCUT2D eigenvalue weighted by Crippen LogP contribution is -2.34.